The zero-order chi connectivity index (χ0) is 14.8. The van der Waals surface area contributed by atoms with Crippen molar-refractivity contribution < 1.29 is 4.39 Å². The van der Waals surface area contributed by atoms with Crippen LogP contribution in [0.25, 0.3) is 5.69 Å². The fraction of sp³-hybridized carbons (Fsp3) is 0.467. The molecule has 1 fully saturated rings. The predicted molar refractivity (Wildman–Crippen MR) is 80.0 cm³/mol. The number of aromatic nitrogens is 3. The van der Waals surface area contributed by atoms with E-state index < -0.39 is 5.82 Å². The second-order valence-corrected chi connectivity index (χ2v) is 5.88. The van der Waals surface area contributed by atoms with Crippen LogP contribution in [0.4, 0.5) is 4.39 Å². The van der Waals surface area contributed by atoms with Crippen LogP contribution in [0.15, 0.2) is 18.2 Å². The number of nitrogens with zero attached hydrogens (tertiary/aromatic N) is 3. The smallest absolute Gasteiger partial charge is 0.141 e. The van der Waals surface area contributed by atoms with Gasteiger partial charge in [0.15, 0.2) is 0 Å². The zero-order valence-electron chi connectivity index (χ0n) is 11.7. The molecule has 1 aromatic carbocycles. The van der Waals surface area contributed by atoms with Gasteiger partial charge in [-0.15, -0.1) is 5.10 Å². The lowest BCUT2D eigenvalue weighted by Crippen LogP contribution is -2.14. The van der Waals surface area contributed by atoms with Gasteiger partial charge in [0, 0.05) is 12.5 Å². The molecule has 1 aliphatic rings. The van der Waals surface area contributed by atoms with Gasteiger partial charge in [-0.2, -0.15) is 0 Å². The summed E-state index contributed by atoms with van der Waals surface area (Å²) >= 11 is 5.88. The Morgan fingerprint density at radius 3 is 2.71 bits per heavy atom. The summed E-state index contributed by atoms with van der Waals surface area (Å²) in [5.41, 5.74) is 8.41. The lowest BCUT2D eigenvalue weighted by Gasteiger charge is -2.23. The van der Waals surface area contributed by atoms with Gasteiger partial charge in [0.1, 0.15) is 11.5 Å². The Bertz CT molecular complexity index is 635. The van der Waals surface area contributed by atoms with E-state index in [1.165, 1.54) is 25.3 Å². The molecule has 0 saturated heterocycles. The average Bonchev–Trinajstić information content (AvgIpc) is 2.95. The fourth-order valence-corrected chi connectivity index (χ4v) is 3.23. The van der Waals surface area contributed by atoms with E-state index in [1.54, 1.807) is 16.8 Å². The van der Waals surface area contributed by atoms with Crippen molar-refractivity contribution >= 4 is 11.6 Å². The van der Waals surface area contributed by atoms with E-state index >= 15 is 0 Å². The van der Waals surface area contributed by atoms with Crippen LogP contribution in [0.2, 0.25) is 5.02 Å². The van der Waals surface area contributed by atoms with Crippen LogP contribution in [-0.4, -0.2) is 15.0 Å². The van der Waals surface area contributed by atoms with Crippen LogP contribution in [0, 0.1) is 5.82 Å². The topological polar surface area (TPSA) is 56.7 Å². The van der Waals surface area contributed by atoms with E-state index in [0.717, 1.165) is 29.9 Å². The largest absolute Gasteiger partial charge is 0.325 e. The molecule has 1 aromatic heterocycles. The lowest BCUT2D eigenvalue weighted by molar-refractivity contribution is 0.428. The van der Waals surface area contributed by atoms with Gasteiger partial charge in [-0.25, -0.2) is 9.07 Å². The Morgan fingerprint density at radius 1 is 1.29 bits per heavy atom. The standard InChI is InChI=1S/C15H18ClFN4/c16-12-8-11(6-7-13(12)17)21-15(14(9-18)19-20-21)10-4-2-1-3-5-10/h6-8,10H,1-5,9,18H2. The molecule has 1 saturated carbocycles. The first-order valence-corrected chi connectivity index (χ1v) is 7.68. The molecule has 0 radical (unpaired) electrons. The summed E-state index contributed by atoms with van der Waals surface area (Å²) in [7, 11) is 0. The molecule has 2 N–H and O–H groups in total. The maximum absolute atomic E-state index is 13.3. The Hall–Kier alpha value is -1.46. The van der Waals surface area contributed by atoms with Gasteiger partial charge in [0.05, 0.1) is 16.4 Å². The Balaban J connectivity index is 2.05. The molecule has 112 valence electrons. The van der Waals surface area contributed by atoms with Crippen molar-refractivity contribution in [1.82, 2.24) is 15.0 Å². The molecule has 0 atom stereocenters. The number of benzene rings is 1. The first-order valence-electron chi connectivity index (χ1n) is 7.30. The minimum absolute atomic E-state index is 0.0897. The third-order valence-electron chi connectivity index (χ3n) is 4.11. The van der Waals surface area contributed by atoms with E-state index in [1.807, 2.05) is 0 Å². The van der Waals surface area contributed by atoms with Gasteiger partial charge in [-0.05, 0) is 31.0 Å². The van der Waals surface area contributed by atoms with Gasteiger partial charge in [-0.1, -0.05) is 36.1 Å². The fourth-order valence-electron chi connectivity index (χ4n) is 3.06. The van der Waals surface area contributed by atoms with Crippen LogP contribution in [0.1, 0.15) is 49.4 Å². The second kappa shape index (κ2) is 6.12. The van der Waals surface area contributed by atoms with Crippen molar-refractivity contribution in [2.45, 2.75) is 44.6 Å². The number of rotatable bonds is 3. The minimum Gasteiger partial charge on any atom is -0.325 e. The minimum atomic E-state index is -0.432. The van der Waals surface area contributed by atoms with Crippen LogP contribution >= 0.6 is 11.6 Å². The molecule has 0 bridgehead atoms. The molecule has 1 heterocycles. The molecular formula is C15H18ClFN4. The van der Waals surface area contributed by atoms with Gasteiger partial charge in [0.2, 0.25) is 0 Å². The normalized spacial score (nSPS) is 16.3. The molecule has 4 nitrogen and oxygen atoms in total. The van der Waals surface area contributed by atoms with Crippen molar-refractivity contribution in [1.29, 1.82) is 0 Å². The summed E-state index contributed by atoms with van der Waals surface area (Å²) in [5, 5.41) is 8.49. The summed E-state index contributed by atoms with van der Waals surface area (Å²) in [4.78, 5) is 0. The third-order valence-corrected chi connectivity index (χ3v) is 4.40. The summed E-state index contributed by atoms with van der Waals surface area (Å²) in [6.45, 7) is 0.362. The van der Waals surface area contributed by atoms with Crippen LogP contribution in [-0.2, 0) is 6.54 Å². The molecule has 0 amide bonds. The predicted octanol–water partition coefficient (Wildman–Crippen LogP) is 3.57. The monoisotopic (exact) mass is 308 g/mol. The molecule has 0 aliphatic heterocycles. The Labute approximate surface area is 128 Å². The molecule has 3 rings (SSSR count). The Morgan fingerprint density at radius 2 is 2.05 bits per heavy atom. The number of halogens is 2. The van der Waals surface area contributed by atoms with Crippen molar-refractivity contribution in [2.75, 3.05) is 0 Å². The maximum atomic E-state index is 13.3. The van der Waals surface area contributed by atoms with Gasteiger partial charge in [-0.3, -0.25) is 0 Å². The summed E-state index contributed by atoms with van der Waals surface area (Å²) in [5.74, 6) is -0.0186. The van der Waals surface area contributed by atoms with Crippen LogP contribution in [0.3, 0.4) is 0 Å². The highest BCUT2D eigenvalue weighted by Crippen LogP contribution is 2.35. The molecule has 2 aromatic rings. The van der Waals surface area contributed by atoms with Crippen molar-refractivity contribution in [2.24, 2.45) is 5.73 Å². The van der Waals surface area contributed by atoms with E-state index in [0.29, 0.717) is 12.5 Å². The number of hydrogen-bond acceptors (Lipinski definition) is 3. The van der Waals surface area contributed by atoms with E-state index in [2.05, 4.69) is 10.3 Å². The molecule has 0 spiro atoms. The SMILES string of the molecule is NCc1nnn(-c2ccc(F)c(Cl)c2)c1C1CCCCC1. The van der Waals surface area contributed by atoms with E-state index in [-0.39, 0.29) is 5.02 Å². The highest BCUT2D eigenvalue weighted by molar-refractivity contribution is 6.30. The third kappa shape index (κ3) is 2.80. The number of hydrogen-bond donors (Lipinski definition) is 1. The molecular weight excluding hydrogens is 291 g/mol. The highest BCUT2D eigenvalue weighted by Gasteiger charge is 2.24. The van der Waals surface area contributed by atoms with E-state index in [4.69, 9.17) is 17.3 Å². The van der Waals surface area contributed by atoms with Gasteiger partial charge < -0.3 is 5.73 Å². The van der Waals surface area contributed by atoms with Crippen LogP contribution in [0.5, 0.6) is 0 Å². The van der Waals surface area contributed by atoms with Crippen molar-refractivity contribution in [3.05, 3.63) is 40.4 Å². The quantitative estimate of drug-likeness (QED) is 0.943. The van der Waals surface area contributed by atoms with Crippen LogP contribution < -0.4 is 5.73 Å². The number of nitrogens with two attached hydrogens (primary N) is 1. The molecule has 1 aliphatic carbocycles. The summed E-state index contributed by atoms with van der Waals surface area (Å²) in [6, 6.07) is 4.60. The molecule has 6 heteroatoms. The zero-order valence-corrected chi connectivity index (χ0v) is 12.5. The van der Waals surface area contributed by atoms with Crippen molar-refractivity contribution in [3.63, 3.8) is 0 Å². The van der Waals surface area contributed by atoms with Gasteiger partial charge in [0.25, 0.3) is 0 Å². The van der Waals surface area contributed by atoms with E-state index in [9.17, 15) is 4.39 Å². The first kappa shape index (κ1) is 14.5. The summed E-state index contributed by atoms with van der Waals surface area (Å²) in [6.07, 6.45) is 5.94. The van der Waals surface area contributed by atoms with Crippen molar-refractivity contribution in [3.8, 4) is 5.69 Å². The maximum Gasteiger partial charge on any atom is 0.141 e. The second-order valence-electron chi connectivity index (χ2n) is 5.47. The summed E-state index contributed by atoms with van der Waals surface area (Å²) < 4.78 is 15.1. The Kier molecular flexibility index (Phi) is 4.22. The first-order chi connectivity index (χ1) is 10.2. The van der Waals surface area contributed by atoms with Gasteiger partial charge >= 0.3 is 0 Å². The molecule has 0 unspecified atom stereocenters. The molecule has 21 heavy (non-hydrogen) atoms. The highest BCUT2D eigenvalue weighted by atomic mass is 35.5. The lowest BCUT2D eigenvalue weighted by atomic mass is 9.86. The average molecular weight is 309 g/mol.